The number of hydrogen-bond donors (Lipinski definition) is 1. The van der Waals surface area contributed by atoms with Gasteiger partial charge in [-0.2, -0.15) is 0 Å². The Kier molecular flexibility index (Phi) is 2.84. The van der Waals surface area contributed by atoms with Gasteiger partial charge < -0.3 is 9.84 Å². The van der Waals surface area contributed by atoms with Crippen molar-refractivity contribution in [3.05, 3.63) is 29.3 Å². The molecule has 0 atom stereocenters. The van der Waals surface area contributed by atoms with E-state index in [-0.39, 0.29) is 12.0 Å². The molecule has 2 nitrogen and oxygen atoms in total. The molecule has 0 spiro atoms. The first-order chi connectivity index (χ1) is 7.60. The molecule has 1 fully saturated rings. The van der Waals surface area contributed by atoms with Crippen LogP contribution in [0.4, 0.5) is 8.78 Å². The van der Waals surface area contributed by atoms with Crippen LogP contribution in [0.25, 0.3) is 0 Å². The number of methoxy groups -OCH3 is 1. The molecule has 0 amide bonds. The van der Waals surface area contributed by atoms with E-state index in [0.717, 1.165) is 25.0 Å². The summed E-state index contributed by atoms with van der Waals surface area (Å²) in [5.74, 6) is -1.43. The standard InChI is InChI=1S/C12H14F2O2/c1-16-11-5-10(14)9(13)4-8(11)6-12(7-15)2-3-12/h4-5,15H,2-3,6-7H2,1H3. The van der Waals surface area contributed by atoms with E-state index in [1.165, 1.54) is 7.11 Å². The number of hydrogen-bond acceptors (Lipinski definition) is 2. The first-order valence-electron chi connectivity index (χ1n) is 5.23. The highest BCUT2D eigenvalue weighted by Gasteiger charge is 2.42. The van der Waals surface area contributed by atoms with E-state index in [1.807, 2.05) is 0 Å². The smallest absolute Gasteiger partial charge is 0.162 e. The Morgan fingerprint density at radius 2 is 1.94 bits per heavy atom. The molecule has 0 unspecified atom stereocenters. The van der Waals surface area contributed by atoms with E-state index in [1.54, 1.807) is 0 Å². The summed E-state index contributed by atoms with van der Waals surface area (Å²) in [4.78, 5) is 0. The Labute approximate surface area is 92.9 Å². The van der Waals surface area contributed by atoms with Crippen LogP contribution < -0.4 is 4.74 Å². The summed E-state index contributed by atoms with van der Waals surface area (Å²) in [6.45, 7) is 0.0785. The van der Waals surface area contributed by atoms with E-state index in [2.05, 4.69) is 0 Å². The lowest BCUT2D eigenvalue weighted by molar-refractivity contribution is 0.210. The number of rotatable bonds is 4. The molecule has 1 saturated carbocycles. The van der Waals surface area contributed by atoms with Crippen LogP contribution in [-0.2, 0) is 6.42 Å². The molecule has 0 aliphatic heterocycles. The second-order valence-electron chi connectivity index (χ2n) is 4.41. The Morgan fingerprint density at radius 1 is 1.31 bits per heavy atom. The zero-order chi connectivity index (χ0) is 11.8. The highest BCUT2D eigenvalue weighted by molar-refractivity contribution is 5.36. The normalized spacial score (nSPS) is 17.2. The van der Waals surface area contributed by atoms with Crippen molar-refractivity contribution >= 4 is 0 Å². The van der Waals surface area contributed by atoms with Gasteiger partial charge in [-0.05, 0) is 36.3 Å². The molecule has 0 saturated heterocycles. The second kappa shape index (κ2) is 4.01. The molecule has 0 radical (unpaired) electrons. The third kappa shape index (κ3) is 2.02. The Bertz CT molecular complexity index is 400. The minimum absolute atomic E-state index is 0.0785. The van der Waals surface area contributed by atoms with Crippen molar-refractivity contribution < 1.29 is 18.6 Å². The van der Waals surface area contributed by atoms with E-state index in [0.29, 0.717) is 17.7 Å². The zero-order valence-corrected chi connectivity index (χ0v) is 9.09. The van der Waals surface area contributed by atoms with Gasteiger partial charge in [0.15, 0.2) is 11.6 Å². The summed E-state index contributed by atoms with van der Waals surface area (Å²) in [5, 5.41) is 9.20. The van der Waals surface area contributed by atoms with Crippen molar-refractivity contribution in [2.45, 2.75) is 19.3 Å². The summed E-state index contributed by atoms with van der Waals surface area (Å²) in [5.41, 5.74) is 0.477. The van der Waals surface area contributed by atoms with Crippen LogP contribution >= 0.6 is 0 Å². The number of ether oxygens (including phenoxy) is 1. The van der Waals surface area contributed by atoms with Crippen molar-refractivity contribution in [2.24, 2.45) is 5.41 Å². The maximum atomic E-state index is 13.1. The predicted octanol–water partition coefficient (Wildman–Crippen LogP) is 2.29. The second-order valence-corrected chi connectivity index (χ2v) is 4.41. The van der Waals surface area contributed by atoms with Crippen molar-refractivity contribution in [1.29, 1.82) is 0 Å². The van der Waals surface area contributed by atoms with Gasteiger partial charge in [0, 0.05) is 12.7 Å². The van der Waals surface area contributed by atoms with Crippen molar-refractivity contribution in [3.63, 3.8) is 0 Å². The van der Waals surface area contributed by atoms with Crippen LogP contribution in [0.3, 0.4) is 0 Å². The fourth-order valence-corrected chi connectivity index (χ4v) is 1.87. The zero-order valence-electron chi connectivity index (χ0n) is 9.09. The largest absolute Gasteiger partial charge is 0.496 e. The van der Waals surface area contributed by atoms with Crippen LogP contribution in [0.1, 0.15) is 18.4 Å². The number of aliphatic hydroxyl groups excluding tert-OH is 1. The SMILES string of the molecule is COc1cc(F)c(F)cc1CC1(CO)CC1. The van der Waals surface area contributed by atoms with Crippen molar-refractivity contribution in [1.82, 2.24) is 0 Å². The Balaban J connectivity index is 2.28. The summed E-state index contributed by atoms with van der Waals surface area (Å²) < 4.78 is 31.1. The minimum atomic E-state index is -0.908. The van der Waals surface area contributed by atoms with Crippen LogP contribution in [-0.4, -0.2) is 18.8 Å². The van der Waals surface area contributed by atoms with Crippen molar-refractivity contribution in [2.75, 3.05) is 13.7 Å². The van der Waals surface area contributed by atoms with Crippen LogP contribution in [0.2, 0.25) is 0 Å². The van der Waals surface area contributed by atoms with Gasteiger partial charge in [-0.15, -0.1) is 0 Å². The predicted molar refractivity (Wildman–Crippen MR) is 55.4 cm³/mol. The van der Waals surface area contributed by atoms with Gasteiger partial charge in [-0.25, -0.2) is 8.78 Å². The van der Waals surface area contributed by atoms with Gasteiger partial charge in [-0.3, -0.25) is 0 Å². The summed E-state index contributed by atoms with van der Waals surface area (Å²) in [6.07, 6.45) is 2.38. The molecule has 1 aliphatic rings. The highest BCUT2D eigenvalue weighted by Crippen LogP contribution is 2.49. The van der Waals surface area contributed by atoms with E-state index < -0.39 is 11.6 Å². The van der Waals surface area contributed by atoms with E-state index >= 15 is 0 Å². The van der Waals surface area contributed by atoms with E-state index in [4.69, 9.17) is 4.74 Å². The average molecular weight is 228 g/mol. The van der Waals surface area contributed by atoms with Crippen LogP contribution in [0, 0.1) is 17.0 Å². The highest BCUT2D eigenvalue weighted by atomic mass is 19.2. The molecule has 88 valence electrons. The monoisotopic (exact) mass is 228 g/mol. The fraction of sp³-hybridized carbons (Fsp3) is 0.500. The summed E-state index contributed by atoms with van der Waals surface area (Å²) in [7, 11) is 1.43. The quantitative estimate of drug-likeness (QED) is 0.856. The van der Waals surface area contributed by atoms with Crippen LogP contribution in [0.15, 0.2) is 12.1 Å². The topological polar surface area (TPSA) is 29.5 Å². The molecule has 1 aromatic rings. The number of halogens is 2. The first-order valence-corrected chi connectivity index (χ1v) is 5.23. The lowest BCUT2D eigenvalue weighted by Crippen LogP contribution is -2.11. The molecule has 1 aliphatic carbocycles. The number of benzene rings is 1. The van der Waals surface area contributed by atoms with E-state index in [9.17, 15) is 13.9 Å². The van der Waals surface area contributed by atoms with Crippen molar-refractivity contribution in [3.8, 4) is 5.75 Å². The summed E-state index contributed by atoms with van der Waals surface area (Å²) >= 11 is 0. The molecule has 0 heterocycles. The fourth-order valence-electron chi connectivity index (χ4n) is 1.87. The molecule has 0 aromatic heterocycles. The minimum Gasteiger partial charge on any atom is -0.496 e. The summed E-state index contributed by atoms with van der Waals surface area (Å²) in [6, 6.07) is 2.21. The van der Waals surface area contributed by atoms with Gasteiger partial charge in [0.2, 0.25) is 0 Å². The third-order valence-electron chi connectivity index (χ3n) is 3.18. The molecular formula is C12H14F2O2. The lowest BCUT2D eigenvalue weighted by atomic mass is 9.96. The number of aliphatic hydroxyl groups is 1. The van der Waals surface area contributed by atoms with Gasteiger partial charge in [0.1, 0.15) is 5.75 Å². The molecule has 16 heavy (non-hydrogen) atoms. The lowest BCUT2D eigenvalue weighted by Gasteiger charge is -2.14. The maximum Gasteiger partial charge on any atom is 0.162 e. The molecular weight excluding hydrogens is 214 g/mol. The molecule has 4 heteroatoms. The van der Waals surface area contributed by atoms with Gasteiger partial charge in [0.25, 0.3) is 0 Å². The molecule has 2 rings (SSSR count). The van der Waals surface area contributed by atoms with Crippen LogP contribution in [0.5, 0.6) is 5.75 Å². The van der Waals surface area contributed by atoms with Gasteiger partial charge in [0.05, 0.1) is 7.11 Å². The van der Waals surface area contributed by atoms with Gasteiger partial charge in [-0.1, -0.05) is 0 Å². The molecule has 0 bridgehead atoms. The molecule has 1 N–H and O–H groups in total. The Morgan fingerprint density at radius 3 is 2.44 bits per heavy atom. The average Bonchev–Trinajstić information content (AvgIpc) is 3.04. The third-order valence-corrected chi connectivity index (χ3v) is 3.18. The van der Waals surface area contributed by atoms with Gasteiger partial charge >= 0.3 is 0 Å². The molecule has 1 aromatic carbocycles. The Hall–Kier alpha value is -1.16. The first kappa shape index (κ1) is 11.3. The maximum absolute atomic E-state index is 13.1.